The lowest BCUT2D eigenvalue weighted by atomic mass is 10.1. The number of ketones is 1. The second-order valence-corrected chi connectivity index (χ2v) is 6.17. The molecule has 1 aromatic heterocycles. The Morgan fingerprint density at radius 1 is 1.29 bits per heavy atom. The number of nitrogens with one attached hydrogen (secondary N) is 1. The van der Waals surface area contributed by atoms with Crippen LogP contribution in [0.15, 0.2) is 6.07 Å². The summed E-state index contributed by atoms with van der Waals surface area (Å²) in [5.41, 5.74) is 0.915. The second kappa shape index (κ2) is 5.35. The van der Waals surface area contributed by atoms with Crippen molar-refractivity contribution in [1.82, 2.24) is 9.88 Å². The molecule has 1 amide bonds. The van der Waals surface area contributed by atoms with E-state index in [2.05, 4.69) is 5.32 Å². The first-order valence-corrected chi connectivity index (χ1v) is 6.92. The zero-order valence-corrected chi connectivity index (χ0v) is 12.8. The van der Waals surface area contributed by atoms with Crippen LogP contribution in [0.3, 0.4) is 0 Å². The van der Waals surface area contributed by atoms with Gasteiger partial charge in [0, 0.05) is 17.8 Å². The number of fused-ring (bicyclic) bond motifs is 1. The maximum absolute atomic E-state index is 12.3. The normalized spacial score (nSPS) is 13.7. The number of carbonyl (C=O) groups excluding carboxylic acids is 3. The third-order valence-electron chi connectivity index (χ3n) is 3.34. The highest BCUT2D eigenvalue weighted by atomic mass is 16.5. The molecule has 1 aromatic rings. The summed E-state index contributed by atoms with van der Waals surface area (Å²) in [6, 6.07) is 1.46. The molecule has 0 saturated heterocycles. The lowest BCUT2D eigenvalue weighted by Gasteiger charge is -2.19. The summed E-state index contributed by atoms with van der Waals surface area (Å²) in [6.45, 7) is 6.05. The van der Waals surface area contributed by atoms with E-state index in [1.165, 1.54) is 13.2 Å². The summed E-state index contributed by atoms with van der Waals surface area (Å²) in [5, 5.41) is 2.64. The molecule has 0 radical (unpaired) electrons. The number of nitrogens with zero attached hydrogens (tertiary/aromatic N) is 1. The first-order valence-electron chi connectivity index (χ1n) is 6.92. The van der Waals surface area contributed by atoms with E-state index in [1.54, 1.807) is 25.3 Å². The molecule has 0 unspecified atom stereocenters. The predicted octanol–water partition coefficient (Wildman–Crippen LogP) is 1.32. The molecule has 0 fully saturated rings. The van der Waals surface area contributed by atoms with Crippen LogP contribution >= 0.6 is 0 Å². The second-order valence-electron chi connectivity index (χ2n) is 6.17. The van der Waals surface area contributed by atoms with E-state index in [1.807, 2.05) is 0 Å². The molecule has 1 aliphatic heterocycles. The molecule has 0 aromatic carbocycles. The maximum Gasteiger partial charge on any atom is 0.339 e. The Hall–Kier alpha value is -2.11. The quantitative estimate of drug-likeness (QED) is 0.518. The Balaban J connectivity index is 2.35. The minimum Gasteiger partial charge on any atom is -0.465 e. The fraction of sp³-hybridized carbons (Fsp3) is 0.533. The summed E-state index contributed by atoms with van der Waals surface area (Å²) in [4.78, 5) is 36.1. The van der Waals surface area contributed by atoms with Gasteiger partial charge in [0.1, 0.15) is 0 Å². The largest absolute Gasteiger partial charge is 0.465 e. The smallest absolute Gasteiger partial charge is 0.339 e. The molecular weight excluding hydrogens is 272 g/mol. The van der Waals surface area contributed by atoms with Crippen LogP contribution in [-0.2, 0) is 22.5 Å². The molecule has 114 valence electrons. The molecule has 6 nitrogen and oxygen atoms in total. The van der Waals surface area contributed by atoms with Gasteiger partial charge in [-0.1, -0.05) is 0 Å². The standard InChI is InChI=1S/C15H20N2O4/c1-15(2,3)16-13(19)12(18)11-8-9(14(20)21-4)10-6-5-7-17(10)11/h8H,5-7H2,1-4H3,(H,16,19). The molecule has 1 aliphatic rings. The van der Waals surface area contributed by atoms with Crippen molar-refractivity contribution in [2.45, 2.75) is 45.7 Å². The van der Waals surface area contributed by atoms with Crippen molar-refractivity contribution in [3.05, 3.63) is 23.0 Å². The van der Waals surface area contributed by atoms with Gasteiger partial charge in [-0.25, -0.2) is 4.79 Å². The molecule has 0 spiro atoms. The van der Waals surface area contributed by atoms with E-state index < -0.39 is 23.2 Å². The van der Waals surface area contributed by atoms with Crippen LogP contribution in [0.25, 0.3) is 0 Å². The van der Waals surface area contributed by atoms with Crippen molar-refractivity contribution in [2.75, 3.05) is 7.11 Å². The van der Waals surface area contributed by atoms with Crippen LogP contribution < -0.4 is 5.32 Å². The van der Waals surface area contributed by atoms with Gasteiger partial charge in [-0.05, 0) is 39.7 Å². The van der Waals surface area contributed by atoms with Crippen molar-refractivity contribution in [1.29, 1.82) is 0 Å². The maximum atomic E-state index is 12.3. The predicted molar refractivity (Wildman–Crippen MR) is 76.3 cm³/mol. The molecule has 0 saturated carbocycles. The minimum atomic E-state index is -0.661. The van der Waals surface area contributed by atoms with Crippen LogP contribution in [0, 0.1) is 0 Å². The highest BCUT2D eigenvalue weighted by Crippen LogP contribution is 2.25. The van der Waals surface area contributed by atoms with Gasteiger partial charge in [0.2, 0.25) is 0 Å². The van der Waals surface area contributed by atoms with Crippen molar-refractivity contribution >= 4 is 17.7 Å². The van der Waals surface area contributed by atoms with Crippen LogP contribution in [0.2, 0.25) is 0 Å². The number of hydrogen-bond acceptors (Lipinski definition) is 4. The lowest BCUT2D eigenvalue weighted by Crippen LogP contribution is -2.44. The van der Waals surface area contributed by atoms with Crippen LogP contribution in [0.1, 0.15) is 53.7 Å². The monoisotopic (exact) mass is 292 g/mol. The first kappa shape index (κ1) is 15.3. The fourth-order valence-electron chi connectivity index (χ4n) is 2.51. The van der Waals surface area contributed by atoms with Crippen molar-refractivity contribution in [3.63, 3.8) is 0 Å². The van der Waals surface area contributed by atoms with Crippen molar-refractivity contribution in [3.8, 4) is 0 Å². The molecule has 21 heavy (non-hydrogen) atoms. The highest BCUT2D eigenvalue weighted by molar-refractivity contribution is 6.42. The van der Waals surface area contributed by atoms with Gasteiger partial charge in [0.05, 0.1) is 18.4 Å². The van der Waals surface area contributed by atoms with Gasteiger partial charge in [-0.2, -0.15) is 0 Å². The van der Waals surface area contributed by atoms with Crippen LogP contribution in [0.4, 0.5) is 0 Å². The Morgan fingerprint density at radius 3 is 2.52 bits per heavy atom. The molecule has 0 bridgehead atoms. The zero-order valence-electron chi connectivity index (χ0n) is 12.8. The van der Waals surface area contributed by atoms with E-state index >= 15 is 0 Å². The van der Waals surface area contributed by atoms with E-state index in [9.17, 15) is 14.4 Å². The molecule has 6 heteroatoms. The fourth-order valence-corrected chi connectivity index (χ4v) is 2.51. The van der Waals surface area contributed by atoms with Gasteiger partial charge in [-0.15, -0.1) is 0 Å². The van der Waals surface area contributed by atoms with Gasteiger partial charge < -0.3 is 14.6 Å². The van der Waals surface area contributed by atoms with E-state index in [-0.39, 0.29) is 5.69 Å². The first-order chi connectivity index (χ1) is 9.74. The Bertz CT molecular complexity index is 608. The number of amides is 1. The third kappa shape index (κ3) is 2.99. The van der Waals surface area contributed by atoms with Crippen LogP contribution in [0.5, 0.6) is 0 Å². The number of methoxy groups -OCH3 is 1. The van der Waals surface area contributed by atoms with Crippen LogP contribution in [-0.4, -0.2) is 34.9 Å². The molecule has 2 heterocycles. The molecule has 2 rings (SSSR count). The molecule has 0 aliphatic carbocycles. The van der Waals surface area contributed by atoms with E-state index in [0.29, 0.717) is 18.5 Å². The molecule has 0 atom stereocenters. The summed E-state index contributed by atoms with van der Waals surface area (Å²) in [5.74, 6) is -1.76. The summed E-state index contributed by atoms with van der Waals surface area (Å²) < 4.78 is 6.48. The van der Waals surface area contributed by atoms with Gasteiger partial charge in [0.25, 0.3) is 11.7 Å². The summed E-state index contributed by atoms with van der Waals surface area (Å²) >= 11 is 0. The summed E-state index contributed by atoms with van der Waals surface area (Å²) in [7, 11) is 1.30. The highest BCUT2D eigenvalue weighted by Gasteiger charge is 2.30. The Kier molecular flexibility index (Phi) is 3.89. The minimum absolute atomic E-state index is 0.254. The van der Waals surface area contributed by atoms with Crippen molar-refractivity contribution < 1.29 is 19.1 Å². The number of rotatable bonds is 3. The number of Topliss-reactive ketones (excluding diaryl/α,β-unsaturated/α-hetero) is 1. The average Bonchev–Trinajstić information content (AvgIpc) is 2.96. The van der Waals surface area contributed by atoms with Crippen molar-refractivity contribution in [2.24, 2.45) is 0 Å². The number of carbonyl (C=O) groups is 3. The Labute approximate surface area is 123 Å². The topological polar surface area (TPSA) is 77.4 Å². The number of aromatic nitrogens is 1. The Morgan fingerprint density at radius 2 is 1.95 bits per heavy atom. The number of esters is 1. The molecule has 1 N–H and O–H groups in total. The van der Waals surface area contributed by atoms with E-state index in [4.69, 9.17) is 4.74 Å². The van der Waals surface area contributed by atoms with Gasteiger partial charge >= 0.3 is 5.97 Å². The lowest BCUT2D eigenvalue weighted by molar-refractivity contribution is -0.118. The van der Waals surface area contributed by atoms with Gasteiger partial charge in [-0.3, -0.25) is 9.59 Å². The summed E-state index contributed by atoms with van der Waals surface area (Å²) in [6.07, 6.45) is 1.56. The SMILES string of the molecule is COC(=O)c1cc(C(=O)C(=O)NC(C)(C)C)n2c1CCC2. The number of hydrogen-bond donors (Lipinski definition) is 1. The average molecular weight is 292 g/mol. The van der Waals surface area contributed by atoms with Gasteiger partial charge in [0.15, 0.2) is 0 Å². The third-order valence-corrected chi connectivity index (χ3v) is 3.34. The number of ether oxygens (including phenoxy) is 1. The van der Waals surface area contributed by atoms with E-state index in [0.717, 1.165) is 12.1 Å². The zero-order chi connectivity index (χ0) is 15.8. The molecular formula is C15H20N2O4.